The fourth-order valence-corrected chi connectivity index (χ4v) is 3.36. The summed E-state index contributed by atoms with van der Waals surface area (Å²) in [5, 5.41) is 19.4. The molecule has 0 radical (unpaired) electrons. The molecule has 4 aromatic rings. The molecule has 35 heavy (non-hydrogen) atoms. The van der Waals surface area contributed by atoms with E-state index in [1.165, 1.54) is 18.0 Å². The summed E-state index contributed by atoms with van der Waals surface area (Å²) in [5.74, 6) is 1.60. The first-order valence-electron chi connectivity index (χ1n) is 10.1. The number of nitrogen functional groups attached to an aromatic ring is 1. The molecule has 0 aliphatic carbocycles. The molecule has 5 rings (SSSR count). The molecule has 3 N–H and O–H groups in total. The Balaban J connectivity index is 1.48. The highest BCUT2D eigenvalue weighted by molar-refractivity contribution is 5.99. The van der Waals surface area contributed by atoms with E-state index in [-0.39, 0.29) is 29.8 Å². The van der Waals surface area contributed by atoms with Crippen LogP contribution in [0.5, 0.6) is 23.0 Å². The summed E-state index contributed by atoms with van der Waals surface area (Å²) in [4.78, 5) is 13.0. The smallest absolute Gasteiger partial charge is 0.294 e. The van der Waals surface area contributed by atoms with Gasteiger partial charge in [0.2, 0.25) is 18.4 Å². The molecule has 14 heteroatoms. The molecule has 2 aromatic carbocycles. The summed E-state index contributed by atoms with van der Waals surface area (Å²) in [6, 6.07) is 10.3. The molecule has 3 heterocycles. The molecule has 1 amide bonds. The fourth-order valence-electron chi connectivity index (χ4n) is 3.36. The number of hydrazone groups is 1. The maximum absolute atomic E-state index is 13.0. The topological polar surface area (TPSA) is 174 Å². The number of anilines is 1. The Morgan fingerprint density at radius 2 is 2.00 bits per heavy atom. The highest BCUT2D eigenvalue weighted by atomic mass is 16.7. The maximum atomic E-state index is 13.0. The van der Waals surface area contributed by atoms with Crippen molar-refractivity contribution in [3.8, 4) is 40.1 Å². The summed E-state index contributed by atoms with van der Waals surface area (Å²) in [5.41, 5.74) is 9.65. The Morgan fingerprint density at radius 3 is 2.77 bits per heavy atom. The van der Waals surface area contributed by atoms with Crippen molar-refractivity contribution in [3.05, 3.63) is 47.7 Å². The van der Waals surface area contributed by atoms with Gasteiger partial charge < -0.3 is 24.7 Å². The zero-order valence-electron chi connectivity index (χ0n) is 18.5. The Bertz CT molecular complexity index is 1430. The van der Waals surface area contributed by atoms with Crippen molar-refractivity contribution in [1.82, 2.24) is 30.7 Å². The summed E-state index contributed by atoms with van der Waals surface area (Å²) in [7, 11) is 3.07. The number of methoxy groups -OCH3 is 2. The molecule has 0 fully saturated rings. The summed E-state index contributed by atoms with van der Waals surface area (Å²) >= 11 is 0. The Labute approximate surface area is 197 Å². The first kappa shape index (κ1) is 21.7. The predicted molar refractivity (Wildman–Crippen MR) is 120 cm³/mol. The minimum absolute atomic E-state index is 0.0338. The normalized spacial score (nSPS) is 12.2. The van der Waals surface area contributed by atoms with Crippen LogP contribution in [0.1, 0.15) is 16.1 Å². The minimum atomic E-state index is -0.636. The number of nitrogens with zero attached hydrogens (tertiary/aromatic N) is 6. The van der Waals surface area contributed by atoms with Crippen molar-refractivity contribution in [3.63, 3.8) is 0 Å². The molecule has 2 aromatic heterocycles. The van der Waals surface area contributed by atoms with Crippen LogP contribution >= 0.6 is 0 Å². The zero-order valence-corrected chi connectivity index (χ0v) is 18.5. The largest absolute Gasteiger partial charge is 0.497 e. The number of hydrogen-bond donors (Lipinski definition) is 2. The van der Waals surface area contributed by atoms with Crippen LogP contribution in [0.25, 0.3) is 17.1 Å². The lowest BCUT2D eigenvalue weighted by atomic mass is 10.1. The molecule has 0 atom stereocenters. The predicted octanol–water partition coefficient (Wildman–Crippen LogP) is 1.41. The van der Waals surface area contributed by atoms with Crippen LogP contribution in [-0.2, 0) is 0 Å². The van der Waals surface area contributed by atoms with Gasteiger partial charge in [0.25, 0.3) is 5.91 Å². The number of carbonyl (C=O) groups excluding carboxylic acids is 1. The van der Waals surface area contributed by atoms with Crippen LogP contribution in [0.3, 0.4) is 0 Å². The van der Waals surface area contributed by atoms with Crippen molar-refractivity contribution in [1.29, 1.82) is 0 Å². The number of hydrogen-bond acceptors (Lipinski definition) is 12. The van der Waals surface area contributed by atoms with E-state index in [0.29, 0.717) is 34.1 Å². The van der Waals surface area contributed by atoms with Crippen LogP contribution < -0.4 is 30.1 Å². The molecular weight excluding hydrogens is 460 g/mol. The van der Waals surface area contributed by atoms with Crippen molar-refractivity contribution in [2.45, 2.75) is 0 Å². The van der Waals surface area contributed by atoms with Crippen LogP contribution in [0.2, 0.25) is 0 Å². The lowest BCUT2D eigenvalue weighted by molar-refractivity contribution is 0.0950. The van der Waals surface area contributed by atoms with Gasteiger partial charge in [0.15, 0.2) is 17.2 Å². The summed E-state index contributed by atoms with van der Waals surface area (Å²) in [6.07, 6.45) is 1.43. The highest BCUT2D eigenvalue weighted by Gasteiger charge is 2.26. The van der Waals surface area contributed by atoms with Gasteiger partial charge in [0, 0.05) is 17.2 Å². The number of fused-ring (bicyclic) bond motifs is 1. The molecule has 1 aliphatic heterocycles. The average Bonchev–Trinajstić information content (AvgIpc) is 3.62. The maximum Gasteiger partial charge on any atom is 0.294 e. The molecule has 0 spiro atoms. The fraction of sp³-hybridized carbons (Fsp3) is 0.143. The Hall–Kier alpha value is -5.14. The minimum Gasteiger partial charge on any atom is -0.497 e. The monoisotopic (exact) mass is 478 g/mol. The van der Waals surface area contributed by atoms with Gasteiger partial charge in [-0.15, -0.1) is 5.10 Å². The third kappa shape index (κ3) is 4.03. The van der Waals surface area contributed by atoms with Gasteiger partial charge in [0.05, 0.1) is 20.4 Å². The molecule has 0 bridgehead atoms. The zero-order chi connectivity index (χ0) is 24.4. The quantitative estimate of drug-likeness (QED) is 0.290. The third-order valence-electron chi connectivity index (χ3n) is 5.04. The van der Waals surface area contributed by atoms with Crippen molar-refractivity contribution in [2.75, 3.05) is 26.7 Å². The van der Waals surface area contributed by atoms with Crippen molar-refractivity contribution in [2.24, 2.45) is 5.10 Å². The lowest BCUT2D eigenvalue weighted by Gasteiger charge is -2.07. The van der Waals surface area contributed by atoms with E-state index in [9.17, 15) is 4.79 Å². The van der Waals surface area contributed by atoms with Crippen LogP contribution in [-0.4, -0.2) is 58.4 Å². The number of carbonyl (C=O) groups is 1. The van der Waals surface area contributed by atoms with Gasteiger partial charge in [0.1, 0.15) is 17.2 Å². The Kier molecular flexibility index (Phi) is 5.58. The first-order valence-corrected chi connectivity index (χ1v) is 10.1. The number of nitrogens with one attached hydrogen (secondary N) is 1. The molecular formula is C21H18N8O6. The van der Waals surface area contributed by atoms with E-state index in [1.807, 2.05) is 0 Å². The van der Waals surface area contributed by atoms with Gasteiger partial charge in [-0.3, -0.25) is 4.79 Å². The van der Waals surface area contributed by atoms with Crippen LogP contribution in [0, 0.1) is 0 Å². The summed E-state index contributed by atoms with van der Waals surface area (Å²) in [6.45, 7) is 0.0906. The van der Waals surface area contributed by atoms with Gasteiger partial charge in [-0.05, 0) is 40.6 Å². The molecule has 14 nitrogen and oxygen atoms in total. The number of aromatic nitrogens is 5. The van der Waals surface area contributed by atoms with E-state index in [0.717, 1.165) is 0 Å². The second-order valence-corrected chi connectivity index (χ2v) is 7.05. The van der Waals surface area contributed by atoms with Gasteiger partial charge in [-0.2, -0.15) is 9.78 Å². The second kappa shape index (κ2) is 9.01. The van der Waals surface area contributed by atoms with E-state index < -0.39 is 5.91 Å². The third-order valence-corrected chi connectivity index (χ3v) is 5.04. The molecule has 0 saturated heterocycles. The van der Waals surface area contributed by atoms with E-state index in [4.69, 9.17) is 24.7 Å². The Morgan fingerprint density at radius 1 is 1.14 bits per heavy atom. The van der Waals surface area contributed by atoms with Gasteiger partial charge in [-0.1, -0.05) is 5.21 Å². The van der Waals surface area contributed by atoms with Crippen LogP contribution in [0.15, 0.2) is 46.1 Å². The van der Waals surface area contributed by atoms with Crippen molar-refractivity contribution >= 4 is 17.9 Å². The number of benzene rings is 2. The van der Waals surface area contributed by atoms with E-state index in [2.05, 4.69) is 35.8 Å². The van der Waals surface area contributed by atoms with E-state index in [1.54, 1.807) is 43.5 Å². The molecule has 0 saturated carbocycles. The average molecular weight is 478 g/mol. The van der Waals surface area contributed by atoms with E-state index >= 15 is 0 Å². The molecule has 178 valence electrons. The van der Waals surface area contributed by atoms with Gasteiger partial charge in [-0.25, -0.2) is 10.1 Å². The highest BCUT2D eigenvalue weighted by Crippen LogP contribution is 2.37. The number of ether oxygens (including phenoxy) is 4. The lowest BCUT2D eigenvalue weighted by Crippen LogP contribution is -2.19. The SMILES string of the molecule is COc1ccc(/C=N\NC(=O)c2nnn(-c3nonc3N)c2-c2ccc3c(c2)OCO3)c(OC)c1. The first-order chi connectivity index (χ1) is 17.1. The number of amides is 1. The van der Waals surface area contributed by atoms with Crippen molar-refractivity contribution < 1.29 is 28.4 Å². The standard InChI is InChI=1S/C21H18N8O6/c1-31-13-5-3-12(15(8-13)32-2)9-23-25-21(30)17-18(11-4-6-14-16(7-11)34-10-33-14)29(28-24-17)20-19(22)26-35-27-20/h3-9H,10H2,1-2H3,(H2,22,26)(H,25,30)/b23-9-. The van der Waals surface area contributed by atoms with Crippen LogP contribution in [0.4, 0.5) is 5.82 Å². The number of rotatable bonds is 7. The molecule has 1 aliphatic rings. The number of nitrogens with two attached hydrogens (primary N) is 1. The second-order valence-electron chi connectivity index (χ2n) is 7.05. The van der Waals surface area contributed by atoms with Gasteiger partial charge >= 0.3 is 0 Å². The molecule has 0 unspecified atom stereocenters. The summed E-state index contributed by atoms with van der Waals surface area (Å²) < 4.78 is 27.3.